The molecule has 5 rings (SSSR count). The molecule has 0 saturated carbocycles. The zero-order valence-electron chi connectivity index (χ0n) is 23.4. The molecule has 4 heterocycles. The molecule has 0 aliphatic carbocycles. The van der Waals surface area contributed by atoms with Gasteiger partial charge in [-0.15, -0.1) is 0 Å². The molecule has 13 nitrogen and oxygen atoms in total. The third-order valence-corrected chi connectivity index (χ3v) is 10.7. The summed E-state index contributed by atoms with van der Waals surface area (Å²) in [5, 5.41) is 13.9. The summed E-state index contributed by atoms with van der Waals surface area (Å²) in [7, 11) is -6.52. The second-order valence-electron chi connectivity index (χ2n) is 10.6. The minimum Gasteiger partial charge on any atom is -0.389 e. The van der Waals surface area contributed by atoms with E-state index in [1.54, 1.807) is 57.8 Å². The first-order valence-electron chi connectivity index (χ1n) is 13.2. The molecule has 0 spiro atoms. The van der Waals surface area contributed by atoms with E-state index in [2.05, 4.69) is 35.7 Å². The van der Waals surface area contributed by atoms with Gasteiger partial charge in [-0.3, -0.25) is 11.1 Å². The van der Waals surface area contributed by atoms with Crippen LogP contribution in [0.5, 0.6) is 0 Å². The molecule has 15 heteroatoms. The van der Waals surface area contributed by atoms with Gasteiger partial charge in [0.2, 0.25) is 5.96 Å². The van der Waals surface area contributed by atoms with Crippen LogP contribution in [0.1, 0.15) is 19.4 Å². The topological polar surface area (TPSA) is 172 Å². The lowest BCUT2D eigenvalue weighted by Crippen LogP contribution is -2.47. The van der Waals surface area contributed by atoms with Crippen molar-refractivity contribution in [2.45, 2.75) is 29.7 Å². The van der Waals surface area contributed by atoms with Crippen molar-refractivity contribution in [1.29, 1.82) is 0 Å². The van der Waals surface area contributed by atoms with Crippen LogP contribution < -0.4 is 31.5 Å². The maximum atomic E-state index is 13.3. The van der Waals surface area contributed by atoms with Gasteiger partial charge in [0, 0.05) is 49.4 Å². The van der Waals surface area contributed by atoms with Gasteiger partial charge in [-0.05, 0) is 51.5 Å². The van der Waals surface area contributed by atoms with Crippen LogP contribution in [-0.4, -0.2) is 74.3 Å². The van der Waals surface area contributed by atoms with Crippen LogP contribution in [-0.2, 0) is 20.1 Å². The van der Waals surface area contributed by atoms with Crippen molar-refractivity contribution in [2.75, 3.05) is 54.6 Å². The summed E-state index contributed by atoms with van der Waals surface area (Å²) < 4.78 is 45.3. The minimum absolute atomic E-state index is 0.00371. The Hall–Kier alpha value is -3.74. The fourth-order valence-corrected chi connectivity index (χ4v) is 6.84. The molecule has 41 heavy (non-hydrogen) atoms. The first-order valence-corrected chi connectivity index (χ1v) is 17.3. The number of hydrogen-bond donors (Lipinski definition) is 3. The van der Waals surface area contributed by atoms with E-state index in [0.29, 0.717) is 24.4 Å². The third-order valence-electron chi connectivity index (χ3n) is 6.96. The Morgan fingerprint density at radius 2 is 1.83 bits per heavy atom. The number of pyridine rings is 1. The minimum atomic E-state index is -3.78. The van der Waals surface area contributed by atoms with Crippen molar-refractivity contribution >= 4 is 46.1 Å². The zero-order valence-corrected chi connectivity index (χ0v) is 25.1. The molecule has 1 saturated heterocycles. The number of sulfone groups is 1. The average molecular weight is 600 g/mol. The summed E-state index contributed by atoms with van der Waals surface area (Å²) in [4.78, 5) is 13.2. The largest absolute Gasteiger partial charge is 0.389 e. The molecule has 1 fully saturated rings. The van der Waals surface area contributed by atoms with E-state index in [0.717, 1.165) is 18.9 Å². The number of nitrogens with one attached hydrogen (secondary N) is 2. The predicted octanol–water partition coefficient (Wildman–Crippen LogP) is 1.92. The van der Waals surface area contributed by atoms with Crippen LogP contribution in [0.4, 0.5) is 17.8 Å². The number of rotatable bonds is 7. The molecule has 1 atom stereocenters. The van der Waals surface area contributed by atoms with Gasteiger partial charge in [0.05, 0.1) is 10.1 Å². The van der Waals surface area contributed by atoms with Gasteiger partial charge in [-0.25, -0.2) is 18.4 Å². The van der Waals surface area contributed by atoms with Gasteiger partial charge >= 0.3 is 12.0 Å². The lowest BCUT2D eigenvalue weighted by Gasteiger charge is -2.34. The molecular formula is C26H34N9O4PS. The number of guanidine groups is 1. The summed E-state index contributed by atoms with van der Waals surface area (Å²) in [5.41, 5.74) is 5.41. The van der Waals surface area contributed by atoms with Crippen LogP contribution in [0, 0.1) is 0 Å². The monoisotopic (exact) mass is 599 g/mol. The lowest BCUT2D eigenvalue weighted by molar-refractivity contribution is 0.524. The van der Waals surface area contributed by atoms with Gasteiger partial charge in [0.1, 0.15) is 13.0 Å². The van der Waals surface area contributed by atoms with Crippen molar-refractivity contribution < 1.29 is 17.4 Å². The quantitative estimate of drug-likeness (QED) is 0.338. The molecule has 3 aromatic rings. The Labute approximate surface area is 239 Å². The number of aromatic nitrogens is 3. The number of piperazine rings is 1. The van der Waals surface area contributed by atoms with E-state index >= 15 is 0 Å². The summed E-state index contributed by atoms with van der Waals surface area (Å²) in [6.07, 6.45) is 4.90. The Kier molecular flexibility index (Phi) is 7.66. The molecular weight excluding hydrogens is 565 g/mol. The van der Waals surface area contributed by atoms with Crippen molar-refractivity contribution in [3.8, 4) is 0 Å². The highest BCUT2D eigenvalue weighted by Crippen LogP contribution is 2.38. The van der Waals surface area contributed by atoms with Gasteiger partial charge in [-0.2, -0.15) is 0 Å². The lowest BCUT2D eigenvalue weighted by atomic mass is 10.00. The normalized spacial score (nSPS) is 19.7. The smallest absolute Gasteiger partial charge is 0.323 e. The third kappa shape index (κ3) is 5.99. The standard InChI is InChI=1S/C26H34N9O4PS/c1-18(2)41(37,38)21-17-19(40(3,4)36)8-9-20(21)26(27)10-12-29-23(31-26)30-24-32-33-25(39-24)35-15-13-34(14-16-35)22-7-5-6-11-28-22/h5-12,17-18H,13-16,27H2,1-4H3,(H2,29,30,31,32). The van der Waals surface area contributed by atoms with Gasteiger partial charge < -0.3 is 24.1 Å². The van der Waals surface area contributed by atoms with Gasteiger partial charge in [0.15, 0.2) is 15.5 Å². The maximum absolute atomic E-state index is 13.3. The number of anilines is 3. The average Bonchev–Trinajstić information content (AvgIpc) is 3.41. The van der Waals surface area contributed by atoms with E-state index in [4.69, 9.17) is 10.2 Å². The van der Waals surface area contributed by atoms with E-state index in [1.807, 2.05) is 23.1 Å². The molecule has 2 aliphatic rings. The molecule has 0 amide bonds. The molecule has 1 aromatic carbocycles. The Morgan fingerprint density at radius 3 is 2.49 bits per heavy atom. The van der Waals surface area contributed by atoms with Gasteiger partial charge in [-0.1, -0.05) is 28.4 Å². The molecule has 2 aromatic heterocycles. The van der Waals surface area contributed by atoms with Crippen LogP contribution in [0.25, 0.3) is 0 Å². The molecule has 0 radical (unpaired) electrons. The number of nitrogens with two attached hydrogens (primary N) is 1. The molecule has 0 bridgehead atoms. The first-order chi connectivity index (χ1) is 19.4. The fourth-order valence-electron chi connectivity index (χ4n) is 4.55. The maximum Gasteiger partial charge on any atom is 0.323 e. The molecule has 4 N–H and O–H groups in total. The van der Waals surface area contributed by atoms with Crippen LogP contribution >= 0.6 is 7.14 Å². The number of hydrogen-bond acceptors (Lipinski definition) is 13. The van der Waals surface area contributed by atoms with Crippen molar-refractivity contribution in [3.05, 3.63) is 60.4 Å². The Bertz CT molecular complexity index is 1630. The van der Waals surface area contributed by atoms with Crippen LogP contribution in [0.3, 0.4) is 0 Å². The van der Waals surface area contributed by atoms with E-state index in [-0.39, 0.29) is 22.4 Å². The van der Waals surface area contributed by atoms with Crippen molar-refractivity contribution in [1.82, 2.24) is 20.5 Å². The highest BCUT2D eigenvalue weighted by atomic mass is 32.2. The summed E-state index contributed by atoms with van der Waals surface area (Å²) >= 11 is 0. The summed E-state index contributed by atoms with van der Waals surface area (Å²) in [6.45, 7) is 9.23. The second-order valence-corrected chi connectivity index (χ2v) is 16.3. The zero-order chi connectivity index (χ0) is 29.4. The Morgan fingerprint density at radius 1 is 1.10 bits per heavy atom. The van der Waals surface area contributed by atoms with Crippen LogP contribution in [0.15, 0.2) is 69.2 Å². The van der Waals surface area contributed by atoms with E-state index < -0.39 is 27.9 Å². The first kappa shape index (κ1) is 28.8. The molecule has 1 unspecified atom stereocenters. The molecule has 2 aliphatic heterocycles. The van der Waals surface area contributed by atoms with Gasteiger partial charge in [0.25, 0.3) is 0 Å². The van der Waals surface area contributed by atoms with E-state index in [1.165, 1.54) is 6.07 Å². The predicted molar refractivity (Wildman–Crippen MR) is 160 cm³/mol. The molecule has 218 valence electrons. The summed E-state index contributed by atoms with van der Waals surface area (Å²) in [6, 6.07) is 11.0. The van der Waals surface area contributed by atoms with Crippen molar-refractivity contribution in [3.63, 3.8) is 0 Å². The van der Waals surface area contributed by atoms with Crippen molar-refractivity contribution in [2.24, 2.45) is 10.7 Å². The SMILES string of the molecule is CC(C)S(=O)(=O)c1cc(P(C)(C)=O)ccc1C1(N)C=CNC(Nc2nnc(N3CCN(c4ccccn4)CC3)o2)=N1. The fraction of sp³-hybridized carbons (Fsp3) is 0.385. The highest BCUT2D eigenvalue weighted by Gasteiger charge is 2.36. The van der Waals surface area contributed by atoms with E-state index in [9.17, 15) is 13.0 Å². The number of benzene rings is 1. The highest BCUT2D eigenvalue weighted by molar-refractivity contribution is 7.92. The Balaban J connectivity index is 1.36. The summed E-state index contributed by atoms with van der Waals surface area (Å²) in [5.74, 6) is 1.12. The van der Waals surface area contributed by atoms with Crippen LogP contribution in [0.2, 0.25) is 0 Å². The number of aliphatic imine (C=N–C) groups is 1. The second kappa shape index (κ2) is 10.9. The number of nitrogens with zero attached hydrogens (tertiary/aromatic N) is 6.